The molecule has 2 N–H and O–H groups in total. The Labute approximate surface area is 223 Å². The van der Waals surface area contributed by atoms with Crippen molar-refractivity contribution in [2.75, 3.05) is 12.4 Å². The van der Waals surface area contributed by atoms with E-state index in [2.05, 4.69) is 25.7 Å². The molecule has 0 aliphatic carbocycles. The van der Waals surface area contributed by atoms with Crippen molar-refractivity contribution in [2.24, 2.45) is 5.10 Å². The van der Waals surface area contributed by atoms with Gasteiger partial charge in [0.25, 0.3) is 5.91 Å². The van der Waals surface area contributed by atoms with E-state index in [-0.39, 0.29) is 17.4 Å². The molecule has 190 valence electrons. The number of phenolic OH excluding ortho intramolecular Hbond substituents is 1. The van der Waals surface area contributed by atoms with Crippen LogP contribution in [0.3, 0.4) is 0 Å². The second-order valence-electron chi connectivity index (χ2n) is 8.11. The Balaban J connectivity index is 1.33. The molecule has 0 unspecified atom stereocenters. The number of hydrogen-bond donors (Lipinski definition) is 2. The van der Waals surface area contributed by atoms with Crippen molar-refractivity contribution in [2.45, 2.75) is 12.1 Å². The van der Waals surface area contributed by atoms with Gasteiger partial charge in [0.05, 0.1) is 18.6 Å². The summed E-state index contributed by atoms with van der Waals surface area (Å²) >= 11 is 1.23. The van der Waals surface area contributed by atoms with E-state index < -0.39 is 0 Å². The average molecular weight is 525 g/mol. The number of nitrogens with one attached hydrogen (secondary N) is 1. The molecule has 10 heteroatoms. The molecule has 0 radical (unpaired) electrons. The summed E-state index contributed by atoms with van der Waals surface area (Å²) in [5.41, 5.74) is 4.68. The minimum Gasteiger partial charge on any atom is -0.507 e. The number of pyridine rings is 1. The Kier molecular flexibility index (Phi) is 7.60. The van der Waals surface area contributed by atoms with Crippen LogP contribution in [0, 0.1) is 0 Å². The zero-order valence-corrected chi connectivity index (χ0v) is 21.3. The third-order valence-corrected chi connectivity index (χ3v) is 6.55. The molecule has 38 heavy (non-hydrogen) atoms. The van der Waals surface area contributed by atoms with Crippen LogP contribution in [0.25, 0.3) is 27.8 Å². The fourth-order valence-corrected chi connectivity index (χ4v) is 4.63. The normalized spacial score (nSPS) is 11.2. The topological polar surface area (TPSA) is 115 Å². The van der Waals surface area contributed by atoms with Gasteiger partial charge in [0.2, 0.25) is 0 Å². The third-order valence-electron chi connectivity index (χ3n) is 5.62. The molecule has 5 rings (SSSR count). The minimum absolute atomic E-state index is 0.0566. The van der Waals surface area contributed by atoms with Crippen molar-refractivity contribution in [3.05, 3.63) is 90.8 Å². The van der Waals surface area contributed by atoms with Crippen LogP contribution >= 0.6 is 11.8 Å². The second kappa shape index (κ2) is 11.6. The van der Waals surface area contributed by atoms with E-state index in [1.54, 1.807) is 18.5 Å². The fourth-order valence-electron chi connectivity index (χ4n) is 3.89. The Morgan fingerprint density at radius 2 is 1.92 bits per heavy atom. The Bertz CT molecular complexity index is 1590. The van der Waals surface area contributed by atoms with E-state index in [0.717, 1.165) is 27.8 Å². The molecule has 2 aromatic heterocycles. The van der Waals surface area contributed by atoms with Crippen molar-refractivity contribution in [1.82, 2.24) is 25.2 Å². The lowest BCUT2D eigenvalue weighted by Gasteiger charge is -2.11. The number of ether oxygens (including phenoxy) is 1. The highest BCUT2D eigenvalue weighted by Crippen LogP contribution is 2.29. The average Bonchev–Trinajstić information content (AvgIpc) is 3.38. The van der Waals surface area contributed by atoms with E-state index in [9.17, 15) is 9.90 Å². The highest BCUT2D eigenvalue weighted by Gasteiger charge is 2.17. The highest BCUT2D eigenvalue weighted by atomic mass is 32.2. The van der Waals surface area contributed by atoms with Crippen LogP contribution in [0.5, 0.6) is 11.5 Å². The summed E-state index contributed by atoms with van der Waals surface area (Å²) in [6, 6.07) is 22.4. The number of fused-ring (bicyclic) bond motifs is 1. The van der Waals surface area contributed by atoms with E-state index in [4.69, 9.17) is 4.74 Å². The largest absolute Gasteiger partial charge is 0.507 e. The van der Waals surface area contributed by atoms with Crippen molar-refractivity contribution in [3.63, 3.8) is 0 Å². The monoisotopic (exact) mass is 524 g/mol. The van der Waals surface area contributed by atoms with Gasteiger partial charge in [-0.2, -0.15) is 5.10 Å². The maximum atomic E-state index is 12.6. The lowest BCUT2D eigenvalue weighted by Crippen LogP contribution is -2.20. The van der Waals surface area contributed by atoms with Crippen LogP contribution in [-0.4, -0.2) is 49.3 Å². The SMILES string of the molecule is CCOc1ccc(-n2c(SCC(=O)N/N=C\c3c(O)ccc4ccccc34)nnc2-c2cccnc2)cc1. The lowest BCUT2D eigenvalue weighted by molar-refractivity contribution is -0.118. The summed E-state index contributed by atoms with van der Waals surface area (Å²) in [6.45, 7) is 2.51. The summed E-state index contributed by atoms with van der Waals surface area (Å²) in [4.78, 5) is 16.8. The molecular formula is C28H24N6O3S. The van der Waals surface area contributed by atoms with E-state index in [0.29, 0.717) is 23.2 Å². The summed E-state index contributed by atoms with van der Waals surface area (Å²) in [5.74, 6) is 1.18. The summed E-state index contributed by atoms with van der Waals surface area (Å²) in [5, 5.41) is 25.4. The Morgan fingerprint density at radius 3 is 2.71 bits per heavy atom. The smallest absolute Gasteiger partial charge is 0.250 e. The van der Waals surface area contributed by atoms with Gasteiger partial charge in [0, 0.05) is 29.2 Å². The number of carbonyl (C=O) groups excluding carboxylic acids is 1. The maximum absolute atomic E-state index is 12.6. The van der Waals surface area contributed by atoms with Gasteiger partial charge in [-0.25, -0.2) is 5.43 Å². The number of hydrogen-bond acceptors (Lipinski definition) is 8. The molecule has 5 aromatic rings. The first-order valence-electron chi connectivity index (χ1n) is 11.9. The lowest BCUT2D eigenvalue weighted by atomic mass is 10.0. The number of aromatic hydroxyl groups is 1. The molecule has 0 bridgehead atoms. The Morgan fingerprint density at radius 1 is 1.08 bits per heavy atom. The van der Waals surface area contributed by atoms with Crippen molar-refractivity contribution in [1.29, 1.82) is 0 Å². The molecule has 0 aliphatic rings. The van der Waals surface area contributed by atoms with Crippen molar-refractivity contribution < 1.29 is 14.6 Å². The van der Waals surface area contributed by atoms with Crippen molar-refractivity contribution >= 4 is 34.7 Å². The molecule has 0 spiro atoms. The van der Waals surface area contributed by atoms with E-state index in [1.165, 1.54) is 18.0 Å². The molecule has 9 nitrogen and oxygen atoms in total. The van der Waals surface area contributed by atoms with Crippen LogP contribution in [-0.2, 0) is 4.79 Å². The summed E-state index contributed by atoms with van der Waals surface area (Å²) < 4.78 is 7.44. The standard InChI is InChI=1S/C28H24N6O3S/c1-2-37-22-12-10-21(11-13-22)34-27(20-7-5-15-29-16-20)32-33-28(34)38-18-26(36)31-30-17-24-23-8-4-3-6-19(23)9-14-25(24)35/h3-17,35H,2,18H2,1H3,(H,31,36)/b30-17-. The molecule has 1 amide bonds. The zero-order chi connectivity index (χ0) is 26.3. The summed E-state index contributed by atoms with van der Waals surface area (Å²) in [7, 11) is 0. The van der Waals surface area contributed by atoms with Crippen LogP contribution in [0.15, 0.2) is 95.4 Å². The summed E-state index contributed by atoms with van der Waals surface area (Å²) in [6.07, 6.45) is 4.86. The number of amides is 1. The quantitative estimate of drug-likeness (QED) is 0.161. The van der Waals surface area contributed by atoms with Gasteiger partial charge >= 0.3 is 0 Å². The van der Waals surface area contributed by atoms with Gasteiger partial charge in [0.1, 0.15) is 11.5 Å². The Hall–Kier alpha value is -4.70. The number of benzene rings is 3. The molecule has 2 heterocycles. The fraction of sp³-hybridized carbons (Fsp3) is 0.107. The molecule has 0 aliphatic heterocycles. The minimum atomic E-state index is -0.324. The predicted molar refractivity (Wildman–Crippen MR) is 148 cm³/mol. The third kappa shape index (κ3) is 5.50. The molecule has 3 aromatic carbocycles. The number of nitrogens with zero attached hydrogens (tertiary/aromatic N) is 5. The van der Waals surface area contributed by atoms with E-state index >= 15 is 0 Å². The molecule has 0 fully saturated rings. The van der Waals surface area contributed by atoms with Crippen LogP contribution < -0.4 is 10.2 Å². The van der Waals surface area contributed by atoms with Gasteiger partial charge in [-0.05, 0) is 60.2 Å². The molecule has 0 atom stereocenters. The van der Waals surface area contributed by atoms with Gasteiger partial charge in [-0.1, -0.05) is 42.1 Å². The van der Waals surface area contributed by atoms with E-state index in [1.807, 2.05) is 78.2 Å². The highest BCUT2D eigenvalue weighted by molar-refractivity contribution is 7.99. The van der Waals surface area contributed by atoms with Gasteiger partial charge < -0.3 is 9.84 Å². The van der Waals surface area contributed by atoms with Gasteiger partial charge in [0.15, 0.2) is 11.0 Å². The molecular weight excluding hydrogens is 500 g/mol. The van der Waals surface area contributed by atoms with Crippen molar-refractivity contribution in [3.8, 4) is 28.6 Å². The van der Waals surface area contributed by atoms with Crippen LogP contribution in [0.4, 0.5) is 0 Å². The molecule has 0 saturated carbocycles. The van der Waals surface area contributed by atoms with Gasteiger partial charge in [-0.15, -0.1) is 10.2 Å². The zero-order valence-electron chi connectivity index (χ0n) is 20.5. The predicted octanol–water partition coefficient (Wildman–Crippen LogP) is 4.83. The van der Waals surface area contributed by atoms with Crippen LogP contribution in [0.1, 0.15) is 12.5 Å². The van der Waals surface area contributed by atoms with Gasteiger partial charge in [-0.3, -0.25) is 14.3 Å². The number of thioether (sulfide) groups is 1. The first kappa shape index (κ1) is 25.0. The number of carbonyl (C=O) groups is 1. The number of aromatic nitrogens is 4. The first-order valence-corrected chi connectivity index (χ1v) is 12.9. The maximum Gasteiger partial charge on any atom is 0.250 e. The number of phenols is 1. The first-order chi connectivity index (χ1) is 18.6. The van der Waals surface area contributed by atoms with Crippen LogP contribution in [0.2, 0.25) is 0 Å². The second-order valence-corrected chi connectivity index (χ2v) is 9.05. The number of rotatable bonds is 9. The molecule has 0 saturated heterocycles. The number of hydrazone groups is 1.